The van der Waals surface area contributed by atoms with Crippen molar-refractivity contribution in [1.82, 2.24) is 9.88 Å². The Morgan fingerprint density at radius 3 is 2.91 bits per heavy atom. The zero-order valence-corrected chi connectivity index (χ0v) is 14.1. The number of fused-ring (bicyclic) bond motifs is 1. The number of hydrogen-bond donors (Lipinski definition) is 0. The molecule has 2 heterocycles. The first-order chi connectivity index (χ1) is 11.0. The summed E-state index contributed by atoms with van der Waals surface area (Å²) in [7, 11) is -2.96. The molecule has 6 heteroatoms. The maximum Gasteiger partial charge on any atom is 0.151 e. The standard InChI is InChI=1S/C17H17ClN2O2S/c1-2-9-20(14-7-10-23(21,22)12-14)11-15-16(18)6-5-13-4-3-8-19-17(13)15/h1,3-6,8,14H,7,9-12H2/t14-/m0/s1. The van der Waals surface area contributed by atoms with Crippen LogP contribution in [0, 0.1) is 12.3 Å². The molecule has 0 aliphatic carbocycles. The molecule has 3 rings (SSSR count). The number of benzene rings is 1. The Hall–Kier alpha value is -1.61. The zero-order valence-electron chi connectivity index (χ0n) is 12.6. The number of sulfone groups is 1. The Balaban J connectivity index is 1.95. The zero-order chi connectivity index (χ0) is 16.4. The summed E-state index contributed by atoms with van der Waals surface area (Å²) in [5, 5.41) is 1.63. The second-order valence-electron chi connectivity index (χ2n) is 5.77. The van der Waals surface area contributed by atoms with E-state index >= 15 is 0 Å². The molecule has 0 spiro atoms. The molecular formula is C17H17ClN2O2S. The summed E-state index contributed by atoms with van der Waals surface area (Å²) in [4.78, 5) is 6.44. The van der Waals surface area contributed by atoms with Crippen molar-refractivity contribution in [2.45, 2.75) is 19.0 Å². The van der Waals surface area contributed by atoms with Crippen molar-refractivity contribution in [1.29, 1.82) is 0 Å². The van der Waals surface area contributed by atoms with E-state index in [-0.39, 0.29) is 17.5 Å². The van der Waals surface area contributed by atoms with E-state index in [1.54, 1.807) is 6.20 Å². The van der Waals surface area contributed by atoms with Crippen LogP contribution in [-0.2, 0) is 16.4 Å². The Kier molecular flexibility index (Phi) is 4.58. The van der Waals surface area contributed by atoms with Crippen LogP contribution in [0.15, 0.2) is 30.5 Å². The van der Waals surface area contributed by atoms with E-state index in [1.807, 2.05) is 29.2 Å². The summed E-state index contributed by atoms with van der Waals surface area (Å²) in [6.07, 6.45) is 7.82. The summed E-state index contributed by atoms with van der Waals surface area (Å²) in [6.45, 7) is 0.886. The molecule has 0 unspecified atom stereocenters. The molecule has 0 N–H and O–H groups in total. The minimum absolute atomic E-state index is 0.0638. The van der Waals surface area contributed by atoms with Gasteiger partial charge in [0.05, 0.1) is 23.6 Å². The number of rotatable bonds is 4. The fourth-order valence-corrected chi connectivity index (χ4v) is 5.00. The molecular weight excluding hydrogens is 332 g/mol. The van der Waals surface area contributed by atoms with Gasteiger partial charge in [0.15, 0.2) is 9.84 Å². The van der Waals surface area contributed by atoms with Gasteiger partial charge in [0.1, 0.15) is 0 Å². The van der Waals surface area contributed by atoms with E-state index < -0.39 is 9.84 Å². The molecule has 1 fully saturated rings. The number of hydrogen-bond acceptors (Lipinski definition) is 4. The lowest BCUT2D eigenvalue weighted by molar-refractivity contribution is 0.231. The monoisotopic (exact) mass is 348 g/mol. The number of halogens is 1. The predicted molar refractivity (Wildman–Crippen MR) is 93.1 cm³/mol. The van der Waals surface area contributed by atoms with E-state index in [0.717, 1.165) is 16.5 Å². The van der Waals surface area contributed by atoms with Crippen LogP contribution in [0.1, 0.15) is 12.0 Å². The molecule has 0 saturated carbocycles. The minimum atomic E-state index is -2.96. The van der Waals surface area contributed by atoms with Gasteiger partial charge in [-0.2, -0.15) is 0 Å². The average Bonchev–Trinajstić information content (AvgIpc) is 2.89. The van der Waals surface area contributed by atoms with Crippen LogP contribution in [-0.4, -0.2) is 42.4 Å². The van der Waals surface area contributed by atoms with Gasteiger partial charge in [0.25, 0.3) is 0 Å². The molecule has 120 valence electrons. The quantitative estimate of drug-likeness (QED) is 0.797. The molecule has 1 aliphatic rings. The molecule has 0 bridgehead atoms. The fraction of sp³-hybridized carbons (Fsp3) is 0.353. The molecule has 1 saturated heterocycles. The topological polar surface area (TPSA) is 50.3 Å². The third-order valence-electron chi connectivity index (χ3n) is 4.20. The molecule has 23 heavy (non-hydrogen) atoms. The molecule has 2 aromatic rings. The second kappa shape index (κ2) is 6.48. The largest absolute Gasteiger partial charge is 0.284 e. The van der Waals surface area contributed by atoms with Gasteiger partial charge in [-0.05, 0) is 18.6 Å². The molecule has 1 aliphatic heterocycles. The van der Waals surface area contributed by atoms with Crippen molar-refractivity contribution < 1.29 is 8.42 Å². The van der Waals surface area contributed by atoms with Gasteiger partial charge in [0.2, 0.25) is 0 Å². The van der Waals surface area contributed by atoms with E-state index in [2.05, 4.69) is 10.9 Å². The summed E-state index contributed by atoms with van der Waals surface area (Å²) < 4.78 is 23.5. The van der Waals surface area contributed by atoms with Crippen LogP contribution in [0.4, 0.5) is 0 Å². The highest BCUT2D eigenvalue weighted by atomic mass is 35.5. The molecule has 4 nitrogen and oxygen atoms in total. The van der Waals surface area contributed by atoms with Gasteiger partial charge in [-0.1, -0.05) is 29.7 Å². The van der Waals surface area contributed by atoms with Crippen LogP contribution in [0.3, 0.4) is 0 Å². The highest BCUT2D eigenvalue weighted by molar-refractivity contribution is 7.91. The maximum atomic E-state index is 11.8. The first kappa shape index (κ1) is 16.3. The van der Waals surface area contributed by atoms with Gasteiger partial charge < -0.3 is 0 Å². The number of pyridine rings is 1. The summed E-state index contributed by atoms with van der Waals surface area (Å²) >= 11 is 6.37. The van der Waals surface area contributed by atoms with Crippen LogP contribution in [0.2, 0.25) is 5.02 Å². The van der Waals surface area contributed by atoms with Crippen molar-refractivity contribution in [3.63, 3.8) is 0 Å². The van der Waals surface area contributed by atoms with E-state index in [1.165, 1.54) is 0 Å². The lowest BCUT2D eigenvalue weighted by Crippen LogP contribution is -2.36. The van der Waals surface area contributed by atoms with Gasteiger partial charge >= 0.3 is 0 Å². The van der Waals surface area contributed by atoms with Crippen LogP contribution in [0.5, 0.6) is 0 Å². The molecule has 1 aromatic heterocycles. The highest BCUT2D eigenvalue weighted by Crippen LogP contribution is 2.28. The van der Waals surface area contributed by atoms with Crippen LogP contribution in [0.25, 0.3) is 10.9 Å². The molecule has 1 atom stereocenters. The Morgan fingerprint density at radius 1 is 1.39 bits per heavy atom. The normalized spacial score (nSPS) is 20.0. The van der Waals surface area contributed by atoms with Crippen molar-refractivity contribution >= 4 is 32.3 Å². The van der Waals surface area contributed by atoms with E-state index in [0.29, 0.717) is 24.5 Å². The highest BCUT2D eigenvalue weighted by Gasteiger charge is 2.32. The maximum absolute atomic E-state index is 11.8. The summed E-state index contributed by atoms with van der Waals surface area (Å²) in [6, 6.07) is 7.57. The Labute approximate surface area is 141 Å². The van der Waals surface area contributed by atoms with Crippen molar-refractivity contribution in [2.75, 3.05) is 18.1 Å². The number of terminal acetylenes is 1. The van der Waals surface area contributed by atoms with E-state index in [9.17, 15) is 8.42 Å². The van der Waals surface area contributed by atoms with Gasteiger partial charge in [-0.3, -0.25) is 9.88 Å². The van der Waals surface area contributed by atoms with E-state index in [4.69, 9.17) is 18.0 Å². The lowest BCUT2D eigenvalue weighted by atomic mass is 10.1. The fourth-order valence-electron chi connectivity index (χ4n) is 3.03. The Bertz CT molecular complexity index is 874. The summed E-state index contributed by atoms with van der Waals surface area (Å²) in [5.74, 6) is 3.01. The number of aromatic nitrogens is 1. The van der Waals surface area contributed by atoms with Gasteiger partial charge in [-0.25, -0.2) is 8.42 Å². The summed E-state index contributed by atoms with van der Waals surface area (Å²) in [5.41, 5.74) is 1.73. The van der Waals surface area contributed by atoms with Crippen LogP contribution < -0.4 is 0 Å². The molecule has 0 radical (unpaired) electrons. The lowest BCUT2D eigenvalue weighted by Gasteiger charge is -2.26. The Morgan fingerprint density at radius 2 is 2.22 bits per heavy atom. The average molecular weight is 349 g/mol. The van der Waals surface area contributed by atoms with Crippen molar-refractivity contribution in [3.05, 3.63) is 41.0 Å². The minimum Gasteiger partial charge on any atom is -0.284 e. The third-order valence-corrected chi connectivity index (χ3v) is 6.31. The third kappa shape index (κ3) is 3.50. The first-order valence-corrected chi connectivity index (χ1v) is 9.60. The molecule has 0 amide bonds. The predicted octanol–water partition coefficient (Wildman–Crippen LogP) is 2.51. The second-order valence-corrected chi connectivity index (χ2v) is 8.40. The molecule has 1 aromatic carbocycles. The smallest absolute Gasteiger partial charge is 0.151 e. The van der Waals surface area contributed by atoms with Gasteiger partial charge in [0, 0.05) is 34.8 Å². The van der Waals surface area contributed by atoms with Crippen molar-refractivity contribution in [2.24, 2.45) is 0 Å². The van der Waals surface area contributed by atoms with Crippen molar-refractivity contribution in [3.8, 4) is 12.3 Å². The van der Waals surface area contributed by atoms with Gasteiger partial charge in [-0.15, -0.1) is 6.42 Å². The number of nitrogens with zero attached hydrogens (tertiary/aromatic N) is 2. The SMILES string of the molecule is C#CCN(Cc1c(Cl)ccc2cccnc12)[C@H]1CCS(=O)(=O)C1. The van der Waals surface area contributed by atoms with Crippen LogP contribution >= 0.6 is 11.6 Å². The first-order valence-electron chi connectivity index (χ1n) is 7.40.